The summed E-state index contributed by atoms with van der Waals surface area (Å²) in [7, 11) is 1.95. The van der Waals surface area contributed by atoms with Crippen LogP contribution >= 0.6 is 0 Å². The quantitative estimate of drug-likeness (QED) is 0.583. The molecule has 1 fully saturated rings. The van der Waals surface area contributed by atoms with E-state index in [1.54, 1.807) is 6.92 Å². The number of hydrogen-bond donors (Lipinski definition) is 0. The second-order valence-electron chi connectivity index (χ2n) is 2.78. The van der Waals surface area contributed by atoms with Gasteiger partial charge in [0.15, 0.2) is 0 Å². The summed E-state index contributed by atoms with van der Waals surface area (Å²) in [6.45, 7) is 4.89. The fourth-order valence-corrected chi connectivity index (χ4v) is 1.14. The summed E-state index contributed by atoms with van der Waals surface area (Å²) in [4.78, 5) is 12.8. The Hall–Kier alpha value is -0.770. The number of carbonyl (C=O) groups excluding carboxylic acids is 1. The van der Waals surface area contributed by atoms with Gasteiger partial charge in [-0.15, -0.1) is 0 Å². The van der Waals surface area contributed by atoms with Crippen molar-refractivity contribution in [2.75, 3.05) is 20.2 Å². The number of likely N-dealkylation sites (tertiary alicyclic amines) is 1. The molecule has 4 heteroatoms. The van der Waals surface area contributed by atoms with Gasteiger partial charge in [0.2, 0.25) is 0 Å². The van der Waals surface area contributed by atoms with Crippen LogP contribution in [0.3, 0.4) is 0 Å². The van der Waals surface area contributed by atoms with Gasteiger partial charge in [-0.25, -0.2) is 4.79 Å². The normalized spacial score (nSPS) is 24.0. The fraction of sp³-hybridized carbons (Fsp3) is 0.750. The van der Waals surface area contributed by atoms with E-state index in [4.69, 9.17) is 4.74 Å². The SMILES string of the molecule is CCOC(=O)OC1C[CH]N(C)C1. The molecule has 12 heavy (non-hydrogen) atoms. The van der Waals surface area contributed by atoms with E-state index in [9.17, 15) is 4.79 Å². The molecule has 1 radical (unpaired) electrons. The predicted molar refractivity (Wildman–Crippen MR) is 43.4 cm³/mol. The molecule has 0 aliphatic carbocycles. The van der Waals surface area contributed by atoms with Crippen molar-refractivity contribution in [2.24, 2.45) is 0 Å². The zero-order valence-electron chi connectivity index (χ0n) is 7.45. The monoisotopic (exact) mass is 172 g/mol. The average Bonchev–Trinajstić information content (AvgIpc) is 2.36. The van der Waals surface area contributed by atoms with Crippen LogP contribution in [0.4, 0.5) is 4.79 Å². The van der Waals surface area contributed by atoms with Crippen molar-refractivity contribution in [2.45, 2.75) is 19.4 Å². The number of ether oxygens (including phenoxy) is 2. The predicted octanol–water partition coefficient (Wildman–Crippen LogP) is 1.03. The first kappa shape index (κ1) is 9.32. The summed E-state index contributed by atoms with van der Waals surface area (Å²) in [6.07, 6.45) is 0.190. The highest BCUT2D eigenvalue weighted by molar-refractivity contribution is 5.60. The van der Waals surface area contributed by atoms with Crippen LogP contribution in [0.2, 0.25) is 0 Å². The summed E-state index contributed by atoms with van der Waals surface area (Å²) in [6, 6.07) is 0. The average molecular weight is 172 g/mol. The number of rotatable bonds is 2. The highest BCUT2D eigenvalue weighted by Crippen LogP contribution is 2.14. The molecule has 1 aliphatic rings. The van der Waals surface area contributed by atoms with Crippen LogP contribution in [0.15, 0.2) is 0 Å². The first-order valence-electron chi connectivity index (χ1n) is 4.09. The Morgan fingerprint density at radius 2 is 2.50 bits per heavy atom. The second-order valence-corrected chi connectivity index (χ2v) is 2.78. The zero-order chi connectivity index (χ0) is 8.97. The maximum absolute atomic E-state index is 10.8. The molecule has 1 saturated heterocycles. The van der Waals surface area contributed by atoms with Crippen LogP contribution in [0.1, 0.15) is 13.3 Å². The van der Waals surface area contributed by atoms with Crippen molar-refractivity contribution in [3.63, 3.8) is 0 Å². The van der Waals surface area contributed by atoms with E-state index < -0.39 is 6.16 Å². The van der Waals surface area contributed by atoms with E-state index in [1.165, 1.54) is 0 Å². The Bertz CT molecular complexity index is 160. The fourth-order valence-electron chi connectivity index (χ4n) is 1.14. The van der Waals surface area contributed by atoms with Gasteiger partial charge in [-0.05, 0) is 14.0 Å². The summed E-state index contributed by atoms with van der Waals surface area (Å²) in [5.41, 5.74) is 0. The van der Waals surface area contributed by atoms with Gasteiger partial charge in [0, 0.05) is 19.5 Å². The standard InChI is InChI=1S/C8H14NO3/c1-3-11-8(10)12-7-4-5-9(2)6-7/h5,7H,3-4,6H2,1-2H3. The topological polar surface area (TPSA) is 38.8 Å². The number of nitrogens with zero attached hydrogens (tertiary/aromatic N) is 1. The van der Waals surface area contributed by atoms with Crippen molar-refractivity contribution >= 4 is 6.16 Å². The summed E-state index contributed by atoms with van der Waals surface area (Å²) >= 11 is 0. The van der Waals surface area contributed by atoms with Crippen molar-refractivity contribution < 1.29 is 14.3 Å². The molecule has 0 spiro atoms. The molecule has 0 saturated carbocycles. The third kappa shape index (κ3) is 2.70. The van der Waals surface area contributed by atoms with Gasteiger partial charge < -0.3 is 9.47 Å². The minimum absolute atomic E-state index is 0.0333. The number of likely N-dealkylation sites (N-methyl/N-ethyl adjacent to an activating group) is 1. The number of hydrogen-bond acceptors (Lipinski definition) is 4. The van der Waals surface area contributed by atoms with Crippen molar-refractivity contribution in [3.05, 3.63) is 6.54 Å². The molecule has 1 heterocycles. The molecule has 0 amide bonds. The lowest BCUT2D eigenvalue weighted by atomic mass is 10.3. The Balaban J connectivity index is 2.18. The van der Waals surface area contributed by atoms with Crippen molar-refractivity contribution in [1.29, 1.82) is 0 Å². The molecule has 0 aromatic rings. The summed E-state index contributed by atoms with van der Waals surface area (Å²) < 4.78 is 9.63. The number of carbonyl (C=O) groups is 1. The van der Waals surface area contributed by atoms with Crippen LogP contribution in [-0.2, 0) is 9.47 Å². The maximum Gasteiger partial charge on any atom is 0.508 e. The van der Waals surface area contributed by atoms with E-state index in [1.807, 2.05) is 18.5 Å². The highest BCUT2D eigenvalue weighted by Gasteiger charge is 2.23. The Kier molecular flexibility index (Phi) is 3.34. The van der Waals surface area contributed by atoms with Crippen LogP contribution < -0.4 is 0 Å². The van der Waals surface area contributed by atoms with Gasteiger partial charge in [0.25, 0.3) is 0 Å². The maximum atomic E-state index is 10.8. The van der Waals surface area contributed by atoms with E-state index in [2.05, 4.69) is 4.74 Å². The smallest absolute Gasteiger partial charge is 0.435 e. The van der Waals surface area contributed by atoms with Gasteiger partial charge in [0.1, 0.15) is 6.10 Å². The van der Waals surface area contributed by atoms with Crippen molar-refractivity contribution in [1.82, 2.24) is 4.90 Å². The van der Waals surface area contributed by atoms with Gasteiger partial charge in [0.05, 0.1) is 6.61 Å². The van der Waals surface area contributed by atoms with E-state index >= 15 is 0 Å². The molecule has 0 bridgehead atoms. The van der Waals surface area contributed by atoms with E-state index in [0.29, 0.717) is 6.61 Å². The molecule has 0 N–H and O–H groups in total. The van der Waals surface area contributed by atoms with Gasteiger partial charge in [-0.3, -0.25) is 4.90 Å². The summed E-state index contributed by atoms with van der Waals surface area (Å²) in [5, 5.41) is 0. The molecule has 1 rings (SSSR count). The Morgan fingerprint density at radius 1 is 1.75 bits per heavy atom. The van der Waals surface area contributed by atoms with Gasteiger partial charge in [-0.1, -0.05) is 0 Å². The molecule has 1 unspecified atom stereocenters. The lowest BCUT2D eigenvalue weighted by molar-refractivity contribution is 0.0302. The molecule has 4 nitrogen and oxygen atoms in total. The zero-order valence-corrected chi connectivity index (χ0v) is 7.45. The van der Waals surface area contributed by atoms with Crippen LogP contribution in [0.5, 0.6) is 0 Å². The molecular weight excluding hydrogens is 158 g/mol. The molecule has 69 valence electrons. The van der Waals surface area contributed by atoms with E-state index in [-0.39, 0.29) is 6.10 Å². The van der Waals surface area contributed by atoms with Crippen LogP contribution in [-0.4, -0.2) is 37.4 Å². The molecule has 0 aromatic carbocycles. The lowest BCUT2D eigenvalue weighted by Crippen LogP contribution is -2.22. The van der Waals surface area contributed by atoms with E-state index in [0.717, 1.165) is 13.0 Å². The second kappa shape index (κ2) is 4.30. The first-order valence-corrected chi connectivity index (χ1v) is 4.09. The van der Waals surface area contributed by atoms with Gasteiger partial charge >= 0.3 is 6.16 Å². The minimum Gasteiger partial charge on any atom is -0.435 e. The third-order valence-corrected chi connectivity index (χ3v) is 1.70. The molecule has 1 atom stereocenters. The molecule has 1 aliphatic heterocycles. The molecule has 0 aromatic heterocycles. The first-order chi connectivity index (χ1) is 5.72. The minimum atomic E-state index is -0.564. The highest BCUT2D eigenvalue weighted by atomic mass is 16.7. The molecular formula is C8H14NO3. The lowest BCUT2D eigenvalue weighted by Gasteiger charge is -2.10. The Labute approximate surface area is 72.4 Å². The largest absolute Gasteiger partial charge is 0.508 e. The van der Waals surface area contributed by atoms with Gasteiger partial charge in [-0.2, -0.15) is 0 Å². The van der Waals surface area contributed by atoms with Crippen LogP contribution in [0, 0.1) is 6.54 Å². The van der Waals surface area contributed by atoms with Crippen LogP contribution in [0.25, 0.3) is 0 Å². The Morgan fingerprint density at radius 3 is 3.00 bits per heavy atom. The summed E-state index contributed by atoms with van der Waals surface area (Å²) in [5.74, 6) is 0. The third-order valence-electron chi connectivity index (χ3n) is 1.70. The van der Waals surface area contributed by atoms with Crippen molar-refractivity contribution in [3.8, 4) is 0 Å².